The largest absolute Gasteiger partial charge is 0.508 e. The number of phenols is 1. The molecule has 1 saturated carbocycles. The van der Waals surface area contributed by atoms with E-state index in [1.807, 2.05) is 10.9 Å². The van der Waals surface area contributed by atoms with Gasteiger partial charge < -0.3 is 10.4 Å². The molecule has 1 amide bonds. The summed E-state index contributed by atoms with van der Waals surface area (Å²) in [4.78, 5) is 12.9. The third kappa shape index (κ3) is 4.49. The minimum atomic E-state index is -0.251. The Labute approximate surface area is 205 Å². The summed E-state index contributed by atoms with van der Waals surface area (Å²) in [5, 5.41) is 17.4. The predicted molar refractivity (Wildman–Crippen MR) is 135 cm³/mol. The molecule has 182 valence electrons. The van der Waals surface area contributed by atoms with Crippen LogP contribution in [0.2, 0.25) is 0 Å². The topological polar surface area (TPSA) is 67.2 Å². The molecular weight excluding hydrogens is 441 g/mol. The van der Waals surface area contributed by atoms with Crippen LogP contribution in [0.1, 0.15) is 67.6 Å². The Hall–Kier alpha value is -3.41. The molecule has 3 unspecified atom stereocenters. The van der Waals surface area contributed by atoms with E-state index < -0.39 is 0 Å². The maximum atomic E-state index is 13.4. The van der Waals surface area contributed by atoms with Crippen LogP contribution in [0, 0.1) is 17.2 Å². The highest BCUT2D eigenvalue weighted by molar-refractivity contribution is 5.94. The molecule has 2 N–H and O–H groups in total. The van der Waals surface area contributed by atoms with Gasteiger partial charge in [0.2, 0.25) is 0 Å². The van der Waals surface area contributed by atoms with Crippen molar-refractivity contribution in [3.63, 3.8) is 0 Å². The lowest BCUT2D eigenvalue weighted by atomic mass is 9.68. The van der Waals surface area contributed by atoms with Crippen LogP contribution < -0.4 is 5.32 Å². The normalized spacial score (nSPS) is 21.7. The molecule has 0 saturated heterocycles. The number of halogens is 1. The number of benzene rings is 2. The Morgan fingerprint density at radius 3 is 2.69 bits per heavy atom. The number of nitrogens with one attached hydrogen (secondary N) is 1. The third-order valence-corrected chi connectivity index (χ3v) is 7.89. The molecule has 2 aliphatic carbocycles. The van der Waals surface area contributed by atoms with Crippen LogP contribution in [0.5, 0.6) is 5.75 Å². The maximum Gasteiger partial charge on any atom is 0.251 e. The average Bonchev–Trinajstić information content (AvgIpc) is 3.38. The number of aromatic hydroxyl groups is 1. The molecule has 1 aromatic heterocycles. The van der Waals surface area contributed by atoms with Crippen LogP contribution in [0.4, 0.5) is 4.39 Å². The Bertz CT molecular complexity index is 1250. The highest BCUT2D eigenvalue weighted by Crippen LogP contribution is 2.54. The number of carbonyl (C=O) groups excluding carboxylic acids is 1. The second kappa shape index (κ2) is 9.33. The molecule has 5 rings (SSSR count). The van der Waals surface area contributed by atoms with Crippen LogP contribution in [-0.2, 0) is 6.42 Å². The summed E-state index contributed by atoms with van der Waals surface area (Å²) < 4.78 is 15.3. The number of allylic oxidation sites excluding steroid dienone is 1. The van der Waals surface area contributed by atoms with E-state index in [1.54, 1.807) is 36.4 Å². The molecule has 3 atom stereocenters. The number of phenolic OH excluding ortho intramolecular Hbond substituents is 1. The Morgan fingerprint density at radius 1 is 1.23 bits per heavy atom. The van der Waals surface area contributed by atoms with Crippen LogP contribution in [-0.4, -0.2) is 26.8 Å². The maximum absolute atomic E-state index is 13.4. The van der Waals surface area contributed by atoms with Gasteiger partial charge in [-0.3, -0.25) is 4.79 Å². The molecule has 0 aliphatic heterocycles. The molecule has 1 heterocycles. The summed E-state index contributed by atoms with van der Waals surface area (Å²) in [5.41, 5.74) is 5.22. The van der Waals surface area contributed by atoms with E-state index in [0.29, 0.717) is 11.5 Å². The van der Waals surface area contributed by atoms with Gasteiger partial charge in [-0.25, -0.2) is 9.07 Å². The zero-order valence-corrected chi connectivity index (χ0v) is 20.3. The number of hydrogen-bond donors (Lipinski definition) is 2. The second-order valence-corrected chi connectivity index (χ2v) is 10.2. The van der Waals surface area contributed by atoms with Gasteiger partial charge in [-0.15, -0.1) is 0 Å². The molecule has 0 radical (unpaired) electrons. The van der Waals surface area contributed by atoms with Gasteiger partial charge in [-0.1, -0.05) is 25.8 Å². The van der Waals surface area contributed by atoms with E-state index in [4.69, 9.17) is 0 Å². The Morgan fingerprint density at radius 2 is 1.97 bits per heavy atom. The summed E-state index contributed by atoms with van der Waals surface area (Å²) in [6.07, 6.45) is 10.2. The van der Waals surface area contributed by atoms with Crippen molar-refractivity contribution >= 4 is 12.0 Å². The fourth-order valence-corrected chi connectivity index (χ4v) is 5.92. The summed E-state index contributed by atoms with van der Waals surface area (Å²) >= 11 is 0. The molecule has 5 nitrogen and oxygen atoms in total. The van der Waals surface area contributed by atoms with Gasteiger partial charge in [-0.2, -0.15) is 5.10 Å². The van der Waals surface area contributed by atoms with Gasteiger partial charge in [0.1, 0.15) is 11.6 Å². The van der Waals surface area contributed by atoms with Crippen LogP contribution in [0.3, 0.4) is 0 Å². The van der Waals surface area contributed by atoms with Crippen molar-refractivity contribution in [2.45, 2.75) is 58.4 Å². The number of fused-ring (bicyclic) bond motifs is 2. The van der Waals surface area contributed by atoms with Crippen molar-refractivity contribution in [3.05, 3.63) is 82.9 Å². The number of aromatic nitrogens is 2. The highest BCUT2D eigenvalue weighted by atomic mass is 19.1. The summed E-state index contributed by atoms with van der Waals surface area (Å²) in [7, 11) is 0. The van der Waals surface area contributed by atoms with Crippen LogP contribution >= 0.6 is 0 Å². The third-order valence-electron chi connectivity index (χ3n) is 7.89. The zero-order chi connectivity index (χ0) is 24.6. The van der Waals surface area contributed by atoms with Crippen molar-refractivity contribution in [2.75, 3.05) is 0 Å². The minimum Gasteiger partial charge on any atom is -0.508 e. The SMILES string of the molecule is CCCC(CC1CCC2=Cc3c(cnn3-c3ccc(F)cc3)CC21C)NC(=O)c1ccc(O)cc1. The number of rotatable bonds is 7. The van der Waals surface area contributed by atoms with Gasteiger partial charge in [0.05, 0.1) is 17.6 Å². The van der Waals surface area contributed by atoms with Crippen molar-refractivity contribution < 1.29 is 14.3 Å². The molecule has 0 spiro atoms. The quantitative estimate of drug-likeness (QED) is 0.438. The van der Waals surface area contributed by atoms with E-state index in [9.17, 15) is 14.3 Å². The van der Waals surface area contributed by atoms with Crippen LogP contribution in [0.15, 0.2) is 60.3 Å². The standard InChI is InChI=1S/C29H32FN3O2/c1-3-4-24(32-28(35)19-5-13-26(34)14-6-19)15-21-7-8-22-16-27-20(17-29(21,22)2)18-31-33(27)25-11-9-23(30)10-12-25/h5-6,9-14,16,18,21,24,34H,3-4,7-8,15,17H2,1-2H3,(H,32,35). The fraction of sp³-hybridized carbons (Fsp3) is 0.379. The molecule has 3 aromatic rings. The van der Waals surface area contributed by atoms with E-state index in [-0.39, 0.29) is 28.9 Å². The lowest BCUT2D eigenvalue weighted by Gasteiger charge is -2.37. The molecular formula is C29H32FN3O2. The lowest BCUT2D eigenvalue weighted by Crippen LogP contribution is -2.39. The van der Waals surface area contributed by atoms with Crippen molar-refractivity contribution in [1.29, 1.82) is 0 Å². The first-order chi connectivity index (χ1) is 16.9. The van der Waals surface area contributed by atoms with Crippen molar-refractivity contribution in [1.82, 2.24) is 15.1 Å². The first-order valence-corrected chi connectivity index (χ1v) is 12.5. The summed E-state index contributed by atoms with van der Waals surface area (Å²) in [6, 6.07) is 13.0. The Kier molecular flexibility index (Phi) is 6.22. The van der Waals surface area contributed by atoms with E-state index in [2.05, 4.69) is 30.3 Å². The van der Waals surface area contributed by atoms with Crippen molar-refractivity contribution in [3.8, 4) is 11.4 Å². The molecule has 0 bridgehead atoms. The first kappa shape index (κ1) is 23.3. The predicted octanol–water partition coefficient (Wildman–Crippen LogP) is 6.06. The minimum absolute atomic E-state index is 0.0406. The second-order valence-electron chi connectivity index (χ2n) is 10.2. The average molecular weight is 474 g/mol. The lowest BCUT2D eigenvalue weighted by molar-refractivity contribution is 0.0921. The molecule has 2 aliphatic rings. The van der Waals surface area contributed by atoms with Gasteiger partial charge in [0.25, 0.3) is 5.91 Å². The van der Waals surface area contributed by atoms with E-state index in [1.165, 1.54) is 23.3 Å². The molecule has 35 heavy (non-hydrogen) atoms. The molecule has 1 fully saturated rings. The summed E-state index contributed by atoms with van der Waals surface area (Å²) in [5.74, 6) is 0.282. The summed E-state index contributed by atoms with van der Waals surface area (Å²) in [6.45, 7) is 4.51. The number of carbonyl (C=O) groups is 1. The van der Waals surface area contributed by atoms with Gasteiger partial charge in [0.15, 0.2) is 0 Å². The van der Waals surface area contributed by atoms with Gasteiger partial charge in [-0.05, 0) is 104 Å². The number of hydrogen-bond acceptors (Lipinski definition) is 3. The van der Waals surface area contributed by atoms with Gasteiger partial charge in [0, 0.05) is 11.6 Å². The van der Waals surface area contributed by atoms with Crippen LogP contribution in [0.25, 0.3) is 11.8 Å². The van der Waals surface area contributed by atoms with E-state index >= 15 is 0 Å². The number of nitrogens with zero attached hydrogens (tertiary/aromatic N) is 2. The molecule has 6 heteroatoms. The highest BCUT2D eigenvalue weighted by Gasteiger charge is 2.46. The zero-order valence-electron chi connectivity index (χ0n) is 20.3. The number of amides is 1. The Balaban J connectivity index is 1.34. The van der Waals surface area contributed by atoms with Crippen molar-refractivity contribution in [2.24, 2.45) is 11.3 Å². The fourth-order valence-electron chi connectivity index (χ4n) is 5.92. The monoisotopic (exact) mass is 473 g/mol. The van der Waals surface area contributed by atoms with Gasteiger partial charge >= 0.3 is 0 Å². The molecule has 2 aromatic carbocycles. The van der Waals surface area contributed by atoms with E-state index in [0.717, 1.165) is 49.9 Å². The smallest absolute Gasteiger partial charge is 0.251 e. The first-order valence-electron chi connectivity index (χ1n) is 12.5.